The molecular formula is C25H24N2O8. The molecule has 0 spiro atoms. The molecule has 5 rings (SSSR count). The molecule has 182 valence electrons. The highest BCUT2D eigenvalue weighted by Crippen LogP contribution is 2.44. The van der Waals surface area contributed by atoms with E-state index in [0.29, 0.717) is 0 Å². The summed E-state index contributed by atoms with van der Waals surface area (Å²) in [4.78, 5) is 38.9. The first-order chi connectivity index (χ1) is 16.8. The first kappa shape index (κ1) is 23.0. The number of nitrogens with zero attached hydrogens (tertiary/aromatic N) is 1. The van der Waals surface area contributed by atoms with Gasteiger partial charge in [0.15, 0.2) is 12.3 Å². The number of nitrogens with one attached hydrogen (secondary N) is 1. The van der Waals surface area contributed by atoms with Crippen LogP contribution in [0.15, 0.2) is 64.3 Å². The van der Waals surface area contributed by atoms with E-state index in [1.807, 2.05) is 48.5 Å². The quantitative estimate of drug-likeness (QED) is 0.477. The summed E-state index contributed by atoms with van der Waals surface area (Å²) in [5.41, 5.74) is 3.01. The molecule has 10 nitrogen and oxygen atoms in total. The number of ether oxygens (including phenoxy) is 3. The molecule has 1 aliphatic carbocycles. The first-order valence-electron chi connectivity index (χ1n) is 11.2. The van der Waals surface area contributed by atoms with E-state index in [1.54, 1.807) is 0 Å². The summed E-state index contributed by atoms with van der Waals surface area (Å²) in [5.74, 6) is -0.201. The van der Waals surface area contributed by atoms with Gasteiger partial charge in [0.25, 0.3) is 5.56 Å². The van der Waals surface area contributed by atoms with Gasteiger partial charge in [-0.2, -0.15) is 0 Å². The summed E-state index contributed by atoms with van der Waals surface area (Å²) in [6, 6.07) is 15.7. The molecule has 1 aromatic heterocycles. The minimum absolute atomic E-state index is 0.0124. The highest BCUT2D eigenvalue weighted by Gasteiger charge is 2.43. The number of aliphatic hydroxyl groups excluding tert-OH is 2. The molecule has 0 radical (unpaired) electrons. The largest absolute Gasteiger partial charge is 0.508 e. The number of H-pyrrole nitrogens is 1. The molecule has 2 heterocycles. The number of aliphatic hydroxyl groups is 2. The van der Waals surface area contributed by atoms with Crippen molar-refractivity contribution in [1.29, 1.82) is 0 Å². The lowest BCUT2D eigenvalue weighted by Gasteiger charge is -2.37. The average Bonchev–Trinajstić information content (AvgIpc) is 3.17. The summed E-state index contributed by atoms with van der Waals surface area (Å²) in [6.45, 7) is 1.17. The van der Waals surface area contributed by atoms with Gasteiger partial charge in [-0.25, -0.2) is 9.59 Å². The average molecular weight is 480 g/mol. The van der Waals surface area contributed by atoms with Crippen LogP contribution in [0.25, 0.3) is 11.1 Å². The second-order valence-electron chi connectivity index (χ2n) is 8.63. The van der Waals surface area contributed by atoms with Crippen LogP contribution in [0, 0.1) is 6.92 Å². The fourth-order valence-corrected chi connectivity index (χ4v) is 4.66. The molecule has 4 unspecified atom stereocenters. The van der Waals surface area contributed by atoms with Crippen molar-refractivity contribution in [3.63, 3.8) is 0 Å². The van der Waals surface area contributed by atoms with Crippen LogP contribution in [0.1, 0.15) is 28.8 Å². The van der Waals surface area contributed by atoms with Gasteiger partial charge in [0.05, 0.1) is 6.61 Å². The lowest BCUT2D eigenvalue weighted by molar-refractivity contribution is -0.216. The molecule has 3 N–H and O–H groups in total. The number of aromatic amines is 1. The zero-order valence-corrected chi connectivity index (χ0v) is 18.8. The van der Waals surface area contributed by atoms with Gasteiger partial charge in [-0.3, -0.25) is 14.3 Å². The number of fused-ring (bicyclic) bond motifs is 3. The minimum Gasteiger partial charge on any atom is -0.433 e. The maximum absolute atomic E-state index is 12.7. The van der Waals surface area contributed by atoms with Crippen molar-refractivity contribution in [3.8, 4) is 11.1 Å². The van der Waals surface area contributed by atoms with Gasteiger partial charge < -0.3 is 24.4 Å². The van der Waals surface area contributed by atoms with Crippen LogP contribution in [-0.2, 0) is 14.2 Å². The molecule has 2 aromatic carbocycles. The zero-order valence-electron chi connectivity index (χ0n) is 18.8. The van der Waals surface area contributed by atoms with Crippen molar-refractivity contribution >= 4 is 6.16 Å². The van der Waals surface area contributed by atoms with Gasteiger partial charge in [0.2, 0.25) is 0 Å². The molecule has 35 heavy (non-hydrogen) atoms. The molecule has 10 heteroatoms. The topological polar surface area (TPSA) is 140 Å². The molecule has 3 aromatic rings. The summed E-state index contributed by atoms with van der Waals surface area (Å²) in [5, 5.41) is 20.6. The van der Waals surface area contributed by atoms with Gasteiger partial charge in [-0.15, -0.1) is 0 Å². The third-order valence-electron chi connectivity index (χ3n) is 6.43. The second kappa shape index (κ2) is 9.14. The summed E-state index contributed by atoms with van der Waals surface area (Å²) >= 11 is 0. The van der Waals surface area contributed by atoms with Crippen LogP contribution >= 0.6 is 0 Å². The Morgan fingerprint density at radius 1 is 1.09 bits per heavy atom. The Hall–Kier alpha value is -3.73. The van der Waals surface area contributed by atoms with E-state index in [2.05, 4.69) is 4.98 Å². The van der Waals surface area contributed by atoms with Crippen molar-refractivity contribution < 1.29 is 29.2 Å². The smallest absolute Gasteiger partial charge is 0.433 e. The summed E-state index contributed by atoms with van der Waals surface area (Å²) in [6.07, 6.45) is -5.49. The van der Waals surface area contributed by atoms with Gasteiger partial charge in [0.1, 0.15) is 18.8 Å². The van der Waals surface area contributed by atoms with E-state index in [9.17, 15) is 24.6 Å². The number of aromatic nitrogens is 2. The third-order valence-corrected chi connectivity index (χ3v) is 6.43. The van der Waals surface area contributed by atoms with Crippen molar-refractivity contribution in [2.24, 2.45) is 0 Å². The molecule has 4 atom stereocenters. The molecular weight excluding hydrogens is 456 g/mol. The third kappa shape index (κ3) is 4.16. The van der Waals surface area contributed by atoms with Crippen molar-refractivity contribution in [2.45, 2.75) is 37.4 Å². The van der Waals surface area contributed by atoms with E-state index in [4.69, 9.17) is 14.2 Å². The predicted octanol–water partition coefficient (Wildman–Crippen LogP) is 1.43. The Morgan fingerprint density at radius 2 is 1.71 bits per heavy atom. The van der Waals surface area contributed by atoms with E-state index in [0.717, 1.165) is 26.8 Å². The molecule has 2 aliphatic rings. The molecule has 1 fully saturated rings. The van der Waals surface area contributed by atoms with Crippen LogP contribution in [0.4, 0.5) is 4.79 Å². The van der Waals surface area contributed by atoms with Crippen LogP contribution in [0.5, 0.6) is 0 Å². The maximum Gasteiger partial charge on any atom is 0.508 e. The fourth-order valence-electron chi connectivity index (χ4n) is 4.66. The first-order valence-corrected chi connectivity index (χ1v) is 11.2. The van der Waals surface area contributed by atoms with E-state index >= 15 is 0 Å². The van der Waals surface area contributed by atoms with Crippen molar-refractivity contribution in [3.05, 3.63) is 92.3 Å². The number of benzene rings is 2. The lowest BCUT2D eigenvalue weighted by atomic mass is 9.98. The number of hydrogen-bond acceptors (Lipinski definition) is 8. The molecule has 1 saturated heterocycles. The number of carbonyl (C=O) groups excluding carboxylic acids is 1. The Kier molecular flexibility index (Phi) is 6.01. The molecule has 0 bridgehead atoms. The van der Waals surface area contributed by atoms with Gasteiger partial charge in [-0.1, -0.05) is 48.5 Å². The SMILES string of the molecule is Cc1cn(C2OCC(O)C(O)C2OC(=O)OCC2c3ccccc3-c3ccccc32)c(=O)[nH]c1=O. The van der Waals surface area contributed by atoms with Crippen LogP contribution in [-0.4, -0.2) is 57.4 Å². The van der Waals surface area contributed by atoms with Crippen molar-refractivity contribution in [2.75, 3.05) is 13.2 Å². The molecule has 0 amide bonds. The van der Waals surface area contributed by atoms with Gasteiger partial charge in [-0.05, 0) is 29.2 Å². The van der Waals surface area contributed by atoms with Gasteiger partial charge >= 0.3 is 11.8 Å². The standard InChI is InChI=1S/C25H24N2O8/c1-13-10-27(24(31)26-22(13)30)23-21(20(29)19(28)12-33-23)35-25(32)34-11-18-16-8-4-2-6-14(16)15-7-3-5-9-17(15)18/h2-10,18-21,23,28-29H,11-12H2,1H3,(H,26,30,31). The minimum atomic E-state index is -1.55. The Morgan fingerprint density at radius 3 is 2.37 bits per heavy atom. The van der Waals surface area contributed by atoms with Crippen LogP contribution in [0.3, 0.4) is 0 Å². The number of rotatable bonds is 4. The van der Waals surface area contributed by atoms with Crippen LogP contribution in [0.2, 0.25) is 0 Å². The lowest BCUT2D eigenvalue weighted by Crippen LogP contribution is -2.54. The number of hydrogen-bond donors (Lipinski definition) is 3. The normalized spacial score (nSPS) is 23.4. The highest BCUT2D eigenvalue weighted by molar-refractivity contribution is 5.78. The fraction of sp³-hybridized carbons (Fsp3) is 0.320. The molecule has 0 saturated carbocycles. The highest BCUT2D eigenvalue weighted by atomic mass is 16.7. The Balaban J connectivity index is 1.35. The van der Waals surface area contributed by atoms with Crippen molar-refractivity contribution in [1.82, 2.24) is 9.55 Å². The Bertz CT molecular complexity index is 1330. The van der Waals surface area contributed by atoms with E-state index in [1.165, 1.54) is 13.1 Å². The van der Waals surface area contributed by atoms with E-state index in [-0.39, 0.29) is 24.7 Å². The maximum atomic E-state index is 12.7. The molecule has 1 aliphatic heterocycles. The second-order valence-corrected chi connectivity index (χ2v) is 8.63. The predicted molar refractivity (Wildman–Crippen MR) is 123 cm³/mol. The monoisotopic (exact) mass is 480 g/mol. The summed E-state index contributed by atoms with van der Waals surface area (Å²) < 4.78 is 17.3. The van der Waals surface area contributed by atoms with E-state index < -0.39 is 41.9 Å². The zero-order chi connectivity index (χ0) is 24.7. The number of aryl methyl sites for hydroxylation is 1. The summed E-state index contributed by atoms with van der Waals surface area (Å²) in [7, 11) is 0. The number of carbonyl (C=O) groups is 1. The van der Waals surface area contributed by atoms with Gasteiger partial charge in [0, 0.05) is 17.7 Å². The van der Waals surface area contributed by atoms with Crippen LogP contribution < -0.4 is 11.2 Å². The Labute approximate surface area is 199 Å².